The highest BCUT2D eigenvalue weighted by Crippen LogP contribution is 2.29. The van der Waals surface area contributed by atoms with Crippen molar-refractivity contribution in [3.63, 3.8) is 0 Å². The molecule has 0 aromatic carbocycles. The van der Waals surface area contributed by atoms with Gasteiger partial charge in [0.05, 0.1) is 7.80 Å². The molecule has 7 heteroatoms. The summed E-state index contributed by atoms with van der Waals surface area (Å²) in [6.45, 7) is 1.73. The van der Waals surface area contributed by atoms with Crippen molar-refractivity contribution in [3.8, 4) is 0 Å². The number of aliphatic hydroxyl groups excluding tert-OH is 1. The molecule has 0 bridgehead atoms. The Morgan fingerprint density at radius 3 is 2.60 bits per heavy atom. The molecule has 2 aliphatic heterocycles. The monoisotopic (exact) mass is 236 g/mol. The third-order valence-corrected chi connectivity index (χ3v) is 3.60. The number of aliphatic hydroxyl groups is 1. The Balaban J connectivity index is 1.77. The second kappa shape index (κ2) is 4.49. The minimum atomic E-state index is -1.48. The van der Waals surface area contributed by atoms with E-state index in [1.807, 2.05) is 0 Å². The van der Waals surface area contributed by atoms with E-state index in [-0.39, 0.29) is 24.6 Å². The summed E-state index contributed by atoms with van der Waals surface area (Å²) >= 11 is 0. The average Bonchev–Trinajstić information content (AvgIpc) is 3.01. The van der Waals surface area contributed by atoms with Crippen molar-refractivity contribution in [2.24, 2.45) is 5.73 Å². The molecule has 6 unspecified atom stereocenters. The Morgan fingerprint density at radius 2 is 2.20 bits per heavy atom. The van der Waals surface area contributed by atoms with E-state index in [0.717, 1.165) is 0 Å². The van der Waals surface area contributed by atoms with Gasteiger partial charge in [-0.3, -0.25) is 5.32 Å². The zero-order valence-corrected chi connectivity index (χ0v) is 9.55. The average molecular weight is 236 g/mol. The molecular weight excluding hydrogens is 219 g/mol. The van der Waals surface area contributed by atoms with Gasteiger partial charge in [0.1, 0.15) is 12.3 Å². The van der Waals surface area contributed by atoms with Crippen LogP contribution >= 0.6 is 7.80 Å². The zero-order chi connectivity index (χ0) is 11.0. The molecule has 2 aliphatic rings. The highest BCUT2D eigenvalue weighted by molar-refractivity contribution is 7.43. The topological polar surface area (TPSA) is 100 Å². The molecule has 0 spiro atoms. The molecule has 6 atom stereocenters. The molecule has 2 heterocycles. The fourth-order valence-corrected chi connectivity index (χ4v) is 2.30. The first-order valence-corrected chi connectivity index (χ1v) is 7.19. The Bertz CT molecular complexity index is 265. The fourth-order valence-electron chi connectivity index (χ4n) is 1.58. The molecule has 0 saturated carbocycles. The number of nitrogens with one attached hydrogen (secondary N) is 1. The van der Waals surface area contributed by atoms with Crippen LogP contribution in [0.5, 0.6) is 0 Å². The third kappa shape index (κ3) is 3.24. The SMILES string of the molecule is C[PH](=O)CCC(NC1OC1N)C1OC1O. The van der Waals surface area contributed by atoms with Crippen molar-refractivity contribution >= 4 is 7.80 Å². The number of ether oxygens (including phenoxy) is 2. The number of nitrogens with two attached hydrogens (primary N) is 1. The highest BCUT2D eigenvalue weighted by atomic mass is 31.1. The normalized spacial score (nSPS) is 42.3. The first-order valence-electron chi connectivity index (χ1n) is 5.08. The van der Waals surface area contributed by atoms with Crippen molar-refractivity contribution in [1.29, 1.82) is 0 Å². The lowest BCUT2D eigenvalue weighted by molar-refractivity contribution is 0.155. The number of epoxide rings is 2. The van der Waals surface area contributed by atoms with E-state index >= 15 is 0 Å². The predicted molar refractivity (Wildman–Crippen MR) is 55.1 cm³/mol. The molecule has 0 radical (unpaired) electrons. The van der Waals surface area contributed by atoms with Crippen LogP contribution in [-0.2, 0) is 14.0 Å². The van der Waals surface area contributed by atoms with Gasteiger partial charge in [-0.1, -0.05) is 0 Å². The lowest BCUT2D eigenvalue weighted by Crippen LogP contribution is -2.39. The van der Waals surface area contributed by atoms with Gasteiger partial charge in [0.25, 0.3) is 0 Å². The van der Waals surface area contributed by atoms with E-state index in [9.17, 15) is 4.57 Å². The first-order chi connectivity index (χ1) is 7.08. The van der Waals surface area contributed by atoms with E-state index < -0.39 is 14.1 Å². The number of hydrogen-bond donors (Lipinski definition) is 3. The first kappa shape index (κ1) is 11.5. The fraction of sp³-hybridized carbons (Fsp3) is 1.00. The van der Waals surface area contributed by atoms with Gasteiger partial charge in [0.2, 0.25) is 0 Å². The summed E-state index contributed by atoms with van der Waals surface area (Å²) in [6.07, 6.45) is 0.0477. The molecule has 2 rings (SSSR count). The molecule has 0 amide bonds. The van der Waals surface area contributed by atoms with Crippen molar-refractivity contribution in [1.82, 2.24) is 5.32 Å². The molecular formula is C8H17N2O4P. The minimum Gasteiger partial charge on any atom is -0.366 e. The smallest absolute Gasteiger partial charge is 0.183 e. The van der Waals surface area contributed by atoms with E-state index in [2.05, 4.69) is 5.32 Å². The van der Waals surface area contributed by atoms with Crippen LogP contribution in [0.15, 0.2) is 0 Å². The van der Waals surface area contributed by atoms with Crippen LogP contribution in [0.25, 0.3) is 0 Å². The molecule has 4 N–H and O–H groups in total. The van der Waals surface area contributed by atoms with Crippen LogP contribution in [0.1, 0.15) is 6.42 Å². The molecule has 15 heavy (non-hydrogen) atoms. The molecule has 0 aromatic rings. The van der Waals surface area contributed by atoms with Crippen LogP contribution in [0, 0.1) is 0 Å². The zero-order valence-electron chi connectivity index (χ0n) is 8.55. The largest absolute Gasteiger partial charge is 0.366 e. The summed E-state index contributed by atoms with van der Waals surface area (Å²) in [5.74, 6) is 0. The summed E-state index contributed by atoms with van der Waals surface area (Å²) in [6, 6.07) is -0.0209. The quantitative estimate of drug-likeness (QED) is 0.399. The van der Waals surface area contributed by atoms with Gasteiger partial charge in [-0.05, 0) is 19.2 Å². The lowest BCUT2D eigenvalue weighted by atomic mass is 10.1. The third-order valence-electron chi connectivity index (χ3n) is 2.61. The van der Waals surface area contributed by atoms with Crippen LogP contribution in [-0.4, -0.2) is 48.8 Å². The maximum Gasteiger partial charge on any atom is 0.183 e. The van der Waals surface area contributed by atoms with Crippen LogP contribution in [0.4, 0.5) is 0 Å². The summed E-state index contributed by atoms with van der Waals surface area (Å²) in [5, 5.41) is 12.3. The van der Waals surface area contributed by atoms with Crippen LogP contribution in [0.3, 0.4) is 0 Å². The van der Waals surface area contributed by atoms with Gasteiger partial charge in [-0.2, -0.15) is 0 Å². The predicted octanol–water partition coefficient (Wildman–Crippen LogP) is -1.12. The van der Waals surface area contributed by atoms with Crippen molar-refractivity contribution in [2.75, 3.05) is 12.8 Å². The second-order valence-electron chi connectivity index (χ2n) is 4.03. The van der Waals surface area contributed by atoms with Gasteiger partial charge in [-0.15, -0.1) is 0 Å². The Kier molecular flexibility index (Phi) is 3.45. The molecule has 2 saturated heterocycles. The van der Waals surface area contributed by atoms with Gasteiger partial charge < -0.3 is 24.9 Å². The standard InChI is InChI=1S/C8H17N2O4P/c1-15(12)3-2-4(5-8(11)13-5)10-7-6(9)14-7/h4-8,10-11,15H,2-3,9H2,1H3. The van der Waals surface area contributed by atoms with Gasteiger partial charge >= 0.3 is 0 Å². The number of hydrogen-bond acceptors (Lipinski definition) is 6. The van der Waals surface area contributed by atoms with Crippen molar-refractivity contribution in [3.05, 3.63) is 0 Å². The molecule has 6 nitrogen and oxygen atoms in total. The van der Waals surface area contributed by atoms with E-state index in [1.165, 1.54) is 0 Å². The minimum absolute atomic E-state index is 0.0209. The summed E-state index contributed by atoms with van der Waals surface area (Å²) < 4.78 is 21.0. The van der Waals surface area contributed by atoms with Gasteiger partial charge in [0, 0.05) is 6.04 Å². The highest BCUT2D eigenvalue weighted by Gasteiger charge is 2.47. The maximum absolute atomic E-state index is 11.0. The van der Waals surface area contributed by atoms with E-state index in [0.29, 0.717) is 12.6 Å². The molecule has 0 aromatic heterocycles. The molecule has 88 valence electrons. The Morgan fingerprint density at radius 1 is 1.60 bits per heavy atom. The van der Waals surface area contributed by atoms with E-state index in [1.54, 1.807) is 6.66 Å². The van der Waals surface area contributed by atoms with Crippen molar-refractivity contribution in [2.45, 2.75) is 37.3 Å². The van der Waals surface area contributed by atoms with Crippen LogP contribution in [0.2, 0.25) is 0 Å². The Labute approximate surface area is 88.9 Å². The van der Waals surface area contributed by atoms with Gasteiger partial charge in [0.15, 0.2) is 12.5 Å². The summed E-state index contributed by atoms with van der Waals surface area (Å²) in [4.78, 5) is 0. The second-order valence-corrected chi connectivity index (χ2v) is 5.93. The maximum atomic E-state index is 11.0. The van der Waals surface area contributed by atoms with E-state index in [4.69, 9.17) is 20.3 Å². The van der Waals surface area contributed by atoms with Crippen LogP contribution < -0.4 is 11.1 Å². The lowest BCUT2D eigenvalue weighted by Gasteiger charge is -2.14. The molecule has 0 aliphatic carbocycles. The molecule has 2 fully saturated rings. The van der Waals surface area contributed by atoms with Crippen molar-refractivity contribution < 1.29 is 19.1 Å². The number of rotatable bonds is 6. The summed E-state index contributed by atoms with van der Waals surface area (Å²) in [7, 11) is -1.48. The van der Waals surface area contributed by atoms with Gasteiger partial charge in [-0.25, -0.2) is 0 Å². The Hall–Kier alpha value is 0.0300. The summed E-state index contributed by atoms with van der Waals surface area (Å²) in [5.41, 5.74) is 5.48.